The fourth-order valence-corrected chi connectivity index (χ4v) is 5.85. The number of piperidine rings is 3. The first kappa shape index (κ1) is 29.6. The Balaban J connectivity index is 0.000000771. The summed E-state index contributed by atoms with van der Waals surface area (Å²) >= 11 is 3.22. The minimum atomic E-state index is 0.0313. The van der Waals surface area contributed by atoms with E-state index in [9.17, 15) is 0 Å². The van der Waals surface area contributed by atoms with Gasteiger partial charge in [0.25, 0.3) is 0 Å². The molecule has 5 rings (SSSR count). The van der Waals surface area contributed by atoms with Gasteiger partial charge in [0.05, 0.1) is 0 Å². The van der Waals surface area contributed by atoms with Gasteiger partial charge < -0.3 is 31.9 Å². The number of halogens is 2. The third kappa shape index (κ3) is 8.02. The van der Waals surface area contributed by atoms with Crippen molar-refractivity contribution in [3.63, 3.8) is 0 Å². The molecule has 6 nitrogen and oxygen atoms in total. The van der Waals surface area contributed by atoms with E-state index in [0.717, 1.165) is 51.1 Å². The summed E-state index contributed by atoms with van der Waals surface area (Å²) in [5.41, 5.74) is 1.10. The van der Waals surface area contributed by atoms with E-state index in [0.29, 0.717) is 12.1 Å². The van der Waals surface area contributed by atoms with Crippen LogP contribution in [0.1, 0.15) is 57.8 Å². The van der Waals surface area contributed by atoms with Crippen molar-refractivity contribution in [1.82, 2.24) is 0 Å². The van der Waals surface area contributed by atoms with Crippen molar-refractivity contribution in [2.45, 2.75) is 100 Å². The second kappa shape index (κ2) is 16.8. The van der Waals surface area contributed by atoms with E-state index in [1.807, 2.05) is 0 Å². The van der Waals surface area contributed by atoms with Gasteiger partial charge in [-0.05, 0) is 0 Å². The van der Waals surface area contributed by atoms with E-state index in [1.54, 1.807) is 37.5 Å². The summed E-state index contributed by atoms with van der Waals surface area (Å²) in [5, 5.41) is 31.0. The first-order valence-corrected chi connectivity index (χ1v) is 18.2. The summed E-state index contributed by atoms with van der Waals surface area (Å²) in [5.74, 6) is 0. The molecule has 200 valence electrons. The SMILES string of the molecule is C1=CC[N-]C(C2[N-]C(C3CCCC[N-]3)C(C3CCCC[N-]3)[N-]C2C2CCCC[N-]2)=C1.[Cl][Pt+].[Cl][Pt+]. The molecule has 5 heterocycles. The second-order valence-corrected chi connectivity index (χ2v) is 9.48. The van der Waals surface area contributed by atoms with Crippen LogP contribution in [0.4, 0.5) is 0 Å². The molecule has 0 aliphatic carbocycles. The topological polar surface area (TPSA) is 84.6 Å². The molecular formula is C24H36Cl2N6Pt2-4. The Labute approximate surface area is 237 Å². The zero-order valence-electron chi connectivity index (χ0n) is 19.5. The molecule has 34 heavy (non-hydrogen) atoms. The second-order valence-electron chi connectivity index (χ2n) is 9.48. The van der Waals surface area contributed by atoms with Crippen molar-refractivity contribution in [2.24, 2.45) is 0 Å². The molecule has 0 aromatic rings. The van der Waals surface area contributed by atoms with Gasteiger partial charge in [-0.25, -0.2) is 0 Å². The van der Waals surface area contributed by atoms with Crippen LogP contribution in [-0.2, 0) is 37.5 Å². The molecule has 5 aliphatic rings. The van der Waals surface area contributed by atoms with Gasteiger partial charge in [-0.15, -0.1) is 38.3 Å². The minimum absolute atomic E-state index is 0.0313. The summed E-state index contributed by atoms with van der Waals surface area (Å²) in [4.78, 5) is 0. The Morgan fingerprint density at radius 1 is 0.647 bits per heavy atom. The van der Waals surface area contributed by atoms with Crippen molar-refractivity contribution in [1.29, 1.82) is 0 Å². The first-order valence-electron chi connectivity index (χ1n) is 12.6. The summed E-state index contributed by atoms with van der Waals surface area (Å²) in [6, 6.07) is 1.38. The third-order valence-corrected chi connectivity index (χ3v) is 7.43. The van der Waals surface area contributed by atoms with Crippen LogP contribution in [0.25, 0.3) is 31.9 Å². The molecule has 4 saturated heterocycles. The zero-order chi connectivity index (χ0) is 24.2. The van der Waals surface area contributed by atoms with Gasteiger partial charge in [-0.1, -0.05) is 69.9 Å². The Bertz CT molecular complexity index is 623. The maximum absolute atomic E-state index is 5.58. The summed E-state index contributed by atoms with van der Waals surface area (Å²) in [6.07, 6.45) is 17.3. The molecular weight excluding hydrogens is 833 g/mol. The Morgan fingerprint density at radius 2 is 1.15 bits per heavy atom. The standard InChI is InChI=1S/C24H36N6.2ClH.2Pt/c1-5-13-25-17(9-1)21-22(18-10-2-6-14-26-18)30-24(20-12-4-8-16-28-20)23(29-21)19-11-3-7-15-27-19;;;;/h1,5,9,18-24H,2-4,6-8,10-16H2;2*1H;;/q-6;;;2*+2/p-2. The Morgan fingerprint density at radius 3 is 1.59 bits per heavy atom. The maximum atomic E-state index is 5.58. The van der Waals surface area contributed by atoms with Crippen molar-refractivity contribution in [2.75, 3.05) is 26.2 Å². The molecule has 0 N–H and O–H groups in total. The number of hydrogen-bond donors (Lipinski definition) is 0. The average molecular weight is 870 g/mol. The van der Waals surface area contributed by atoms with Gasteiger partial charge in [0.15, 0.2) is 0 Å². The zero-order valence-corrected chi connectivity index (χ0v) is 25.6. The third-order valence-electron chi connectivity index (χ3n) is 7.43. The van der Waals surface area contributed by atoms with Gasteiger partial charge in [0, 0.05) is 0 Å². The van der Waals surface area contributed by atoms with E-state index in [4.69, 9.17) is 31.9 Å². The molecule has 5 aliphatic heterocycles. The predicted molar refractivity (Wildman–Crippen MR) is 137 cm³/mol. The van der Waals surface area contributed by atoms with Gasteiger partial charge in [0.1, 0.15) is 0 Å². The van der Waals surface area contributed by atoms with Crippen LogP contribution >= 0.6 is 18.8 Å². The molecule has 0 spiro atoms. The number of nitrogens with zero attached hydrogens (tertiary/aromatic N) is 6. The van der Waals surface area contributed by atoms with Crippen molar-refractivity contribution < 1.29 is 37.5 Å². The van der Waals surface area contributed by atoms with E-state index in [2.05, 4.69) is 37.1 Å². The fraction of sp³-hybridized carbons (Fsp3) is 0.833. The van der Waals surface area contributed by atoms with Crippen LogP contribution < -0.4 is 0 Å². The quantitative estimate of drug-likeness (QED) is 0.287. The van der Waals surface area contributed by atoms with Crippen LogP contribution in [0, 0.1) is 0 Å². The number of rotatable bonds is 4. The van der Waals surface area contributed by atoms with Crippen molar-refractivity contribution in [3.05, 3.63) is 55.8 Å². The van der Waals surface area contributed by atoms with Crippen LogP contribution in [0.15, 0.2) is 23.9 Å². The van der Waals surface area contributed by atoms with E-state index in [1.165, 1.54) is 38.5 Å². The Kier molecular flexibility index (Phi) is 14.6. The first-order chi connectivity index (χ1) is 16.9. The number of allylic oxidation sites excluding steroid dienone is 2. The van der Waals surface area contributed by atoms with Gasteiger partial charge in [-0.3, -0.25) is 0 Å². The summed E-state index contributed by atoms with van der Waals surface area (Å²) < 4.78 is 0. The van der Waals surface area contributed by atoms with E-state index in [-0.39, 0.29) is 30.2 Å². The fourth-order valence-electron chi connectivity index (χ4n) is 5.85. The molecule has 0 radical (unpaired) electrons. The summed E-state index contributed by atoms with van der Waals surface area (Å²) in [7, 11) is 9.22. The van der Waals surface area contributed by atoms with Crippen LogP contribution in [0.3, 0.4) is 0 Å². The van der Waals surface area contributed by atoms with Crippen LogP contribution in [0.5, 0.6) is 0 Å². The average Bonchev–Trinajstić information content (AvgIpc) is 2.96. The number of piperazine rings is 1. The number of hydrogen-bond acceptors (Lipinski definition) is 0. The monoisotopic (exact) mass is 868 g/mol. The van der Waals surface area contributed by atoms with Crippen molar-refractivity contribution >= 4 is 18.8 Å². The molecule has 4 fully saturated rings. The van der Waals surface area contributed by atoms with E-state index < -0.39 is 0 Å². The molecule has 7 unspecified atom stereocenters. The summed E-state index contributed by atoms with van der Waals surface area (Å²) in [6.45, 7) is 3.69. The van der Waals surface area contributed by atoms with Gasteiger partial charge in [0.2, 0.25) is 0 Å². The molecule has 7 atom stereocenters. The molecule has 0 saturated carbocycles. The normalized spacial score (nSPS) is 38.3. The Hall–Kier alpha value is 1.04. The molecule has 0 bridgehead atoms. The molecule has 0 aromatic carbocycles. The van der Waals surface area contributed by atoms with E-state index >= 15 is 0 Å². The van der Waals surface area contributed by atoms with Gasteiger partial charge in [-0.2, -0.15) is 41.9 Å². The molecule has 0 amide bonds. The van der Waals surface area contributed by atoms with Crippen LogP contribution in [-0.4, -0.2) is 68.5 Å². The van der Waals surface area contributed by atoms with Gasteiger partial charge >= 0.3 is 56.4 Å². The predicted octanol–water partition coefficient (Wildman–Crippen LogP) is 7.20. The van der Waals surface area contributed by atoms with Crippen molar-refractivity contribution in [3.8, 4) is 0 Å². The van der Waals surface area contributed by atoms with Crippen LogP contribution in [0.2, 0.25) is 0 Å². The molecule has 10 heteroatoms. The molecule has 0 aromatic heterocycles.